The quantitative estimate of drug-likeness (QED) is 0.751. The molecule has 0 N–H and O–H groups in total. The van der Waals surface area contributed by atoms with Gasteiger partial charge in [0.1, 0.15) is 0 Å². The molecule has 1 aromatic carbocycles. The third kappa shape index (κ3) is 2.61. The number of halogens is 1. The van der Waals surface area contributed by atoms with Crippen LogP contribution < -0.4 is 0 Å². The zero-order valence-corrected chi connectivity index (χ0v) is 12.6. The maximum Gasteiger partial charge on any atom is 0.251 e. The Balaban J connectivity index is 1.80. The third-order valence-electron chi connectivity index (χ3n) is 3.56. The van der Waals surface area contributed by atoms with Gasteiger partial charge in [0.2, 0.25) is 0 Å². The van der Waals surface area contributed by atoms with E-state index >= 15 is 0 Å². The van der Waals surface area contributed by atoms with E-state index in [1.807, 2.05) is 29.2 Å². The summed E-state index contributed by atoms with van der Waals surface area (Å²) in [6, 6.07) is 7.62. The zero-order chi connectivity index (χ0) is 13.2. The molecule has 1 saturated heterocycles. The van der Waals surface area contributed by atoms with Crippen LogP contribution in [0.4, 0.5) is 0 Å². The number of hydrogen-bond donors (Lipinski definition) is 0. The summed E-state index contributed by atoms with van der Waals surface area (Å²) in [5.74, 6) is 0.0927. The van der Waals surface area contributed by atoms with Crippen molar-refractivity contribution < 1.29 is 9.53 Å². The topological polar surface area (TPSA) is 41.9 Å². The molecule has 0 saturated carbocycles. The molecule has 0 spiro atoms. The molecule has 19 heavy (non-hydrogen) atoms. The summed E-state index contributed by atoms with van der Waals surface area (Å²) in [4.78, 5) is 18.6. The van der Waals surface area contributed by atoms with Crippen LogP contribution in [0.2, 0.25) is 0 Å². The maximum atomic E-state index is 12.4. The number of rotatable bonds is 2. The van der Waals surface area contributed by atoms with Crippen LogP contribution in [0.5, 0.6) is 0 Å². The lowest BCUT2D eigenvalue weighted by Crippen LogP contribution is -2.38. The summed E-state index contributed by atoms with van der Waals surface area (Å²) in [5, 5.41) is 0. The highest BCUT2D eigenvalue weighted by atomic mass is 127. The Kier molecular flexibility index (Phi) is 3.72. The first-order chi connectivity index (χ1) is 9.25. The molecule has 0 aliphatic carbocycles. The number of benzene rings is 1. The highest BCUT2D eigenvalue weighted by molar-refractivity contribution is 14.1. The third-order valence-corrected chi connectivity index (χ3v) is 4.23. The summed E-state index contributed by atoms with van der Waals surface area (Å²) in [6.07, 6.45) is 3.33. The van der Waals surface area contributed by atoms with Crippen molar-refractivity contribution in [3.05, 3.63) is 33.4 Å². The summed E-state index contributed by atoms with van der Waals surface area (Å²) in [6.45, 7) is 1.70. The second-order valence-electron chi connectivity index (χ2n) is 4.84. The average Bonchev–Trinajstić information content (AvgIpc) is 3.09. The average molecular weight is 370 g/mol. The Morgan fingerprint density at radius 3 is 2.89 bits per heavy atom. The van der Waals surface area contributed by atoms with E-state index in [0.29, 0.717) is 0 Å². The Hall–Kier alpha value is -1.11. The van der Waals surface area contributed by atoms with E-state index in [1.165, 1.54) is 6.40 Å². The predicted molar refractivity (Wildman–Crippen MR) is 81.1 cm³/mol. The molecule has 0 aromatic heterocycles. The van der Waals surface area contributed by atoms with Crippen molar-refractivity contribution in [3.8, 4) is 0 Å². The standard InChI is InChI=1S/C14H15IN2O2/c15-11-5-3-4-10(8-11)13-12(16-9-19-13)14(18)17-6-1-2-7-17/h3-5,8-9,12-13H,1-2,6-7H2/t12-,13?/m0/s1. The van der Waals surface area contributed by atoms with E-state index in [0.717, 1.165) is 35.1 Å². The molecule has 2 atom stereocenters. The Morgan fingerprint density at radius 2 is 2.16 bits per heavy atom. The molecule has 5 heteroatoms. The monoisotopic (exact) mass is 370 g/mol. The molecule has 1 aromatic rings. The molecule has 0 radical (unpaired) electrons. The lowest BCUT2D eigenvalue weighted by atomic mass is 10.0. The second kappa shape index (κ2) is 5.48. The zero-order valence-electron chi connectivity index (χ0n) is 10.5. The van der Waals surface area contributed by atoms with Crippen molar-refractivity contribution in [3.63, 3.8) is 0 Å². The molecule has 1 amide bonds. The first-order valence-corrected chi connectivity index (χ1v) is 7.55. The van der Waals surface area contributed by atoms with Crippen LogP contribution in [-0.2, 0) is 9.53 Å². The Morgan fingerprint density at radius 1 is 1.37 bits per heavy atom. The van der Waals surface area contributed by atoms with Gasteiger partial charge in [-0.2, -0.15) is 0 Å². The van der Waals surface area contributed by atoms with Gasteiger partial charge in [-0.15, -0.1) is 0 Å². The van der Waals surface area contributed by atoms with Crippen molar-refractivity contribution in [1.29, 1.82) is 0 Å². The predicted octanol–water partition coefficient (Wildman–Crippen LogP) is 2.38. The summed E-state index contributed by atoms with van der Waals surface area (Å²) < 4.78 is 6.68. The van der Waals surface area contributed by atoms with Crippen LogP contribution in [0.15, 0.2) is 29.3 Å². The van der Waals surface area contributed by atoms with E-state index in [-0.39, 0.29) is 12.0 Å². The van der Waals surface area contributed by atoms with Crippen molar-refractivity contribution in [1.82, 2.24) is 4.90 Å². The van der Waals surface area contributed by atoms with Gasteiger partial charge in [0.25, 0.3) is 5.91 Å². The summed E-state index contributed by atoms with van der Waals surface area (Å²) in [7, 11) is 0. The number of carbonyl (C=O) groups excluding carboxylic acids is 1. The van der Waals surface area contributed by atoms with Gasteiger partial charge in [-0.3, -0.25) is 4.79 Å². The van der Waals surface area contributed by atoms with Crippen LogP contribution in [0.3, 0.4) is 0 Å². The highest BCUT2D eigenvalue weighted by Gasteiger charge is 2.37. The minimum atomic E-state index is -0.420. The lowest BCUT2D eigenvalue weighted by molar-refractivity contribution is -0.133. The molecule has 100 valence electrons. The van der Waals surface area contributed by atoms with Gasteiger partial charge >= 0.3 is 0 Å². The number of ether oxygens (including phenoxy) is 1. The van der Waals surface area contributed by atoms with Crippen molar-refractivity contribution in [2.45, 2.75) is 25.0 Å². The number of aliphatic imine (C=N–C) groups is 1. The molecular weight excluding hydrogens is 355 g/mol. The summed E-state index contributed by atoms with van der Waals surface area (Å²) in [5.41, 5.74) is 1.02. The van der Waals surface area contributed by atoms with Crippen molar-refractivity contribution in [2.24, 2.45) is 4.99 Å². The second-order valence-corrected chi connectivity index (χ2v) is 6.09. The van der Waals surface area contributed by atoms with Crippen LogP contribution >= 0.6 is 22.6 Å². The minimum absolute atomic E-state index is 0.0927. The molecule has 1 unspecified atom stereocenters. The van der Waals surface area contributed by atoms with Crippen LogP contribution in [-0.4, -0.2) is 36.3 Å². The van der Waals surface area contributed by atoms with Crippen LogP contribution in [0.25, 0.3) is 0 Å². The lowest BCUT2D eigenvalue weighted by Gasteiger charge is -2.22. The fourth-order valence-electron chi connectivity index (χ4n) is 2.58. The summed E-state index contributed by atoms with van der Waals surface area (Å²) >= 11 is 2.26. The SMILES string of the molecule is O=C([C@H]1N=COC1c1cccc(I)c1)N1CCCC1. The van der Waals surface area contributed by atoms with Gasteiger partial charge in [-0.25, -0.2) is 4.99 Å². The fraction of sp³-hybridized carbons (Fsp3) is 0.429. The first kappa shape index (κ1) is 12.9. The molecule has 4 nitrogen and oxygen atoms in total. The maximum absolute atomic E-state index is 12.4. The minimum Gasteiger partial charge on any atom is -0.473 e. The Labute approximate surface area is 126 Å². The molecular formula is C14H15IN2O2. The molecule has 0 bridgehead atoms. The van der Waals surface area contributed by atoms with E-state index in [1.54, 1.807) is 0 Å². The number of likely N-dealkylation sites (tertiary alicyclic amines) is 1. The van der Waals surface area contributed by atoms with Crippen molar-refractivity contribution >= 4 is 34.9 Å². The largest absolute Gasteiger partial charge is 0.473 e. The van der Waals surface area contributed by atoms with Gasteiger partial charge in [0.15, 0.2) is 18.5 Å². The number of hydrogen-bond acceptors (Lipinski definition) is 3. The number of nitrogens with zero attached hydrogens (tertiary/aromatic N) is 2. The fourth-order valence-corrected chi connectivity index (χ4v) is 3.15. The van der Waals surface area contributed by atoms with Gasteiger partial charge < -0.3 is 9.64 Å². The van der Waals surface area contributed by atoms with Gasteiger partial charge in [0.05, 0.1) is 0 Å². The van der Waals surface area contributed by atoms with Crippen molar-refractivity contribution in [2.75, 3.05) is 13.1 Å². The molecule has 2 aliphatic heterocycles. The number of amides is 1. The van der Waals surface area contributed by atoms with E-state index < -0.39 is 6.04 Å². The van der Waals surface area contributed by atoms with E-state index in [4.69, 9.17) is 4.74 Å². The first-order valence-electron chi connectivity index (χ1n) is 6.47. The van der Waals surface area contributed by atoms with Crippen LogP contribution in [0.1, 0.15) is 24.5 Å². The van der Waals surface area contributed by atoms with Gasteiger partial charge in [-0.1, -0.05) is 12.1 Å². The molecule has 2 aliphatic rings. The molecule has 2 heterocycles. The van der Waals surface area contributed by atoms with E-state index in [2.05, 4.69) is 27.6 Å². The molecule has 1 fully saturated rings. The normalized spacial score (nSPS) is 25.6. The number of carbonyl (C=O) groups is 1. The van der Waals surface area contributed by atoms with E-state index in [9.17, 15) is 4.79 Å². The highest BCUT2D eigenvalue weighted by Crippen LogP contribution is 2.29. The van der Waals surface area contributed by atoms with Gasteiger partial charge in [-0.05, 0) is 53.1 Å². The van der Waals surface area contributed by atoms with Crippen LogP contribution in [0, 0.1) is 3.57 Å². The Bertz CT molecular complexity index is 512. The molecule has 3 rings (SSSR count). The smallest absolute Gasteiger partial charge is 0.251 e. The van der Waals surface area contributed by atoms with Gasteiger partial charge in [0, 0.05) is 16.7 Å².